The topological polar surface area (TPSA) is 73.9 Å². The molecule has 2 N–H and O–H groups in total. The molecule has 0 aromatic heterocycles. The molecule has 1 aliphatic heterocycles. The van der Waals surface area contributed by atoms with Crippen molar-refractivity contribution in [1.29, 1.82) is 0 Å². The molecule has 7 nitrogen and oxygen atoms in total. The van der Waals surface area contributed by atoms with Gasteiger partial charge in [0.15, 0.2) is 6.61 Å². The minimum atomic E-state index is -0.299. The molecular formula is C25H33ClN4O3. The van der Waals surface area contributed by atoms with Gasteiger partial charge in [0.25, 0.3) is 11.8 Å². The number of carbonyl (C=O) groups excluding carboxylic acids is 2. The lowest BCUT2D eigenvalue weighted by Crippen LogP contribution is -2.35. The Balaban J connectivity index is 1.66. The average Bonchev–Trinajstić information content (AvgIpc) is 3.36. The highest BCUT2D eigenvalue weighted by molar-refractivity contribution is 6.30. The number of nitrogens with zero attached hydrogens (tertiary/aromatic N) is 2. The van der Waals surface area contributed by atoms with Gasteiger partial charge >= 0.3 is 0 Å². The minimum absolute atomic E-state index is 0.127. The summed E-state index contributed by atoms with van der Waals surface area (Å²) in [5.41, 5.74) is 2.05. The van der Waals surface area contributed by atoms with E-state index in [1.165, 1.54) is 0 Å². The molecule has 0 bridgehead atoms. The van der Waals surface area contributed by atoms with Crippen LogP contribution in [0, 0.1) is 0 Å². The van der Waals surface area contributed by atoms with E-state index in [2.05, 4.69) is 34.3 Å². The molecular weight excluding hydrogens is 440 g/mol. The van der Waals surface area contributed by atoms with E-state index in [0.717, 1.165) is 51.3 Å². The van der Waals surface area contributed by atoms with Crippen LogP contribution in [0.1, 0.15) is 37.0 Å². The Morgan fingerprint density at radius 1 is 1.06 bits per heavy atom. The Morgan fingerprint density at radius 2 is 1.76 bits per heavy atom. The van der Waals surface area contributed by atoms with Crippen LogP contribution in [0.25, 0.3) is 0 Å². The molecule has 0 atom stereocenters. The van der Waals surface area contributed by atoms with Crippen molar-refractivity contribution in [3.63, 3.8) is 0 Å². The molecule has 8 heteroatoms. The summed E-state index contributed by atoms with van der Waals surface area (Å²) in [6, 6.07) is 12.3. The van der Waals surface area contributed by atoms with Crippen molar-refractivity contribution in [2.75, 3.05) is 56.1 Å². The SMILES string of the molecule is CCN(CC)CCNC(=O)c1cc(NC(=O)COc2ccc(Cl)cc2)ccc1N1CCCC1. The van der Waals surface area contributed by atoms with Crippen molar-refractivity contribution < 1.29 is 14.3 Å². The van der Waals surface area contributed by atoms with E-state index in [0.29, 0.717) is 28.6 Å². The van der Waals surface area contributed by atoms with Crippen LogP contribution in [0.4, 0.5) is 11.4 Å². The van der Waals surface area contributed by atoms with Crippen molar-refractivity contribution >= 4 is 34.8 Å². The highest BCUT2D eigenvalue weighted by Crippen LogP contribution is 2.27. The summed E-state index contributed by atoms with van der Waals surface area (Å²) in [6.45, 7) is 9.22. The predicted octanol–water partition coefficient (Wildman–Crippen LogP) is 4.03. The van der Waals surface area contributed by atoms with Crippen LogP contribution >= 0.6 is 11.6 Å². The molecule has 2 amide bonds. The fourth-order valence-electron chi connectivity index (χ4n) is 3.87. The summed E-state index contributed by atoms with van der Waals surface area (Å²) >= 11 is 5.87. The number of halogens is 1. The Hall–Kier alpha value is -2.77. The van der Waals surface area contributed by atoms with Crippen LogP contribution in [0.2, 0.25) is 5.02 Å². The Morgan fingerprint density at radius 3 is 2.42 bits per heavy atom. The van der Waals surface area contributed by atoms with E-state index in [4.69, 9.17) is 16.3 Å². The number of amides is 2. The maximum Gasteiger partial charge on any atom is 0.262 e. The molecule has 1 heterocycles. The summed E-state index contributed by atoms with van der Waals surface area (Å²) < 4.78 is 5.51. The molecule has 33 heavy (non-hydrogen) atoms. The first-order valence-corrected chi connectivity index (χ1v) is 12.0. The fourth-order valence-corrected chi connectivity index (χ4v) is 3.99. The van der Waals surface area contributed by atoms with Crippen LogP contribution in [0.5, 0.6) is 5.75 Å². The largest absolute Gasteiger partial charge is 0.484 e. The van der Waals surface area contributed by atoms with Crippen molar-refractivity contribution in [1.82, 2.24) is 10.2 Å². The number of anilines is 2. The van der Waals surface area contributed by atoms with Gasteiger partial charge in [-0.1, -0.05) is 25.4 Å². The normalized spacial score (nSPS) is 13.3. The van der Waals surface area contributed by atoms with Crippen LogP contribution in [0.3, 0.4) is 0 Å². The highest BCUT2D eigenvalue weighted by Gasteiger charge is 2.20. The summed E-state index contributed by atoms with van der Waals surface area (Å²) in [5, 5.41) is 6.48. The summed E-state index contributed by atoms with van der Waals surface area (Å²) in [4.78, 5) is 30.0. The highest BCUT2D eigenvalue weighted by atomic mass is 35.5. The van der Waals surface area contributed by atoms with Gasteiger partial charge in [-0.05, 0) is 68.4 Å². The van der Waals surface area contributed by atoms with Gasteiger partial charge in [-0.2, -0.15) is 0 Å². The zero-order valence-electron chi connectivity index (χ0n) is 19.4. The van der Waals surface area contributed by atoms with Gasteiger partial charge in [0.05, 0.1) is 5.56 Å². The summed E-state index contributed by atoms with van der Waals surface area (Å²) in [6.07, 6.45) is 2.23. The van der Waals surface area contributed by atoms with Crippen molar-refractivity contribution in [3.05, 3.63) is 53.1 Å². The lowest BCUT2D eigenvalue weighted by Gasteiger charge is -2.23. The first kappa shape index (κ1) is 24.9. The smallest absolute Gasteiger partial charge is 0.262 e. The molecule has 0 saturated carbocycles. The molecule has 1 saturated heterocycles. The second-order valence-electron chi connectivity index (χ2n) is 8.00. The Kier molecular flexibility index (Phi) is 9.39. The third-order valence-corrected chi connectivity index (χ3v) is 6.02. The fraction of sp³-hybridized carbons (Fsp3) is 0.440. The van der Waals surface area contributed by atoms with E-state index < -0.39 is 0 Å². The van der Waals surface area contributed by atoms with Gasteiger partial charge in [0.2, 0.25) is 0 Å². The molecule has 1 fully saturated rings. The van der Waals surface area contributed by atoms with E-state index in [1.807, 2.05) is 12.1 Å². The molecule has 0 radical (unpaired) electrons. The molecule has 1 aliphatic rings. The van der Waals surface area contributed by atoms with Gasteiger partial charge < -0.3 is 25.2 Å². The lowest BCUT2D eigenvalue weighted by molar-refractivity contribution is -0.118. The maximum atomic E-state index is 13.1. The van der Waals surface area contributed by atoms with E-state index in [1.54, 1.807) is 30.3 Å². The van der Waals surface area contributed by atoms with Crippen molar-refractivity contribution in [3.8, 4) is 5.75 Å². The first-order chi connectivity index (χ1) is 16.0. The van der Waals surface area contributed by atoms with E-state index in [-0.39, 0.29) is 18.4 Å². The number of likely N-dealkylation sites (N-methyl/N-ethyl adjacent to an activating group) is 1. The molecule has 178 valence electrons. The van der Waals surface area contributed by atoms with E-state index in [9.17, 15) is 9.59 Å². The number of carbonyl (C=O) groups is 2. The van der Waals surface area contributed by atoms with Gasteiger partial charge in [-0.15, -0.1) is 0 Å². The second kappa shape index (κ2) is 12.5. The average molecular weight is 473 g/mol. The lowest BCUT2D eigenvalue weighted by atomic mass is 10.1. The second-order valence-corrected chi connectivity index (χ2v) is 8.44. The van der Waals surface area contributed by atoms with Gasteiger partial charge in [0, 0.05) is 42.6 Å². The number of nitrogens with one attached hydrogen (secondary N) is 2. The third kappa shape index (κ3) is 7.37. The molecule has 0 spiro atoms. The van der Waals surface area contributed by atoms with Gasteiger partial charge in [-0.25, -0.2) is 0 Å². The number of rotatable bonds is 11. The monoisotopic (exact) mass is 472 g/mol. The molecule has 0 aliphatic carbocycles. The maximum absolute atomic E-state index is 13.1. The number of hydrogen-bond donors (Lipinski definition) is 2. The van der Waals surface area contributed by atoms with Crippen molar-refractivity contribution in [2.24, 2.45) is 0 Å². The van der Waals surface area contributed by atoms with Crippen LogP contribution in [-0.4, -0.2) is 62.6 Å². The zero-order chi connectivity index (χ0) is 23.6. The standard InChI is InChI=1S/C25H33ClN4O3/c1-3-29(4-2)16-13-27-25(32)22-17-20(9-12-23(22)30-14-5-6-15-30)28-24(31)18-33-21-10-7-19(26)8-11-21/h7-12,17H,3-6,13-16,18H2,1-2H3,(H,27,32)(H,28,31). The van der Waals surface area contributed by atoms with Gasteiger partial charge in [-0.3, -0.25) is 9.59 Å². The molecule has 3 rings (SSSR count). The summed E-state index contributed by atoms with van der Waals surface area (Å²) in [7, 11) is 0. The Labute approximate surface area is 201 Å². The number of hydrogen-bond acceptors (Lipinski definition) is 5. The van der Waals surface area contributed by atoms with E-state index >= 15 is 0 Å². The first-order valence-electron chi connectivity index (χ1n) is 11.6. The Bertz CT molecular complexity index is 926. The number of ether oxygens (including phenoxy) is 1. The number of benzene rings is 2. The van der Waals surface area contributed by atoms with Crippen LogP contribution in [0.15, 0.2) is 42.5 Å². The molecule has 0 unspecified atom stereocenters. The molecule has 2 aromatic rings. The van der Waals surface area contributed by atoms with Crippen LogP contribution in [-0.2, 0) is 4.79 Å². The van der Waals surface area contributed by atoms with Crippen molar-refractivity contribution in [2.45, 2.75) is 26.7 Å². The van der Waals surface area contributed by atoms with Gasteiger partial charge in [0.1, 0.15) is 5.75 Å². The third-order valence-electron chi connectivity index (χ3n) is 5.76. The summed E-state index contributed by atoms with van der Waals surface area (Å²) in [5.74, 6) is 0.136. The minimum Gasteiger partial charge on any atom is -0.484 e. The van der Waals surface area contributed by atoms with Crippen LogP contribution < -0.4 is 20.3 Å². The zero-order valence-corrected chi connectivity index (χ0v) is 20.2. The quantitative estimate of drug-likeness (QED) is 0.516. The molecule has 2 aromatic carbocycles. The predicted molar refractivity (Wildman–Crippen MR) is 134 cm³/mol.